The highest BCUT2D eigenvalue weighted by molar-refractivity contribution is 6.08. The minimum absolute atomic E-state index is 0.114. The molecule has 0 bridgehead atoms. The second-order valence-corrected chi connectivity index (χ2v) is 4.48. The summed E-state index contributed by atoms with van der Waals surface area (Å²) in [7, 11) is 1.42. The van der Waals surface area contributed by atoms with Gasteiger partial charge in [0.1, 0.15) is 22.8 Å². The summed E-state index contributed by atoms with van der Waals surface area (Å²) in [6.07, 6.45) is 11.8. The number of hydrogen-bond donors (Lipinski definition) is 2. The van der Waals surface area contributed by atoms with Gasteiger partial charge in [-0.1, -0.05) is 30.4 Å². The average molecular weight is 272 g/mol. The molecule has 1 atom stereocenters. The Hall–Kier alpha value is -2.49. The van der Waals surface area contributed by atoms with Crippen LogP contribution in [0.2, 0.25) is 0 Å². The van der Waals surface area contributed by atoms with Gasteiger partial charge < -0.3 is 14.9 Å². The van der Waals surface area contributed by atoms with E-state index in [1.54, 1.807) is 6.08 Å². The van der Waals surface area contributed by atoms with Gasteiger partial charge in [-0.3, -0.25) is 4.79 Å². The van der Waals surface area contributed by atoms with E-state index in [2.05, 4.69) is 0 Å². The number of hydrogen-bond acceptors (Lipinski definition) is 4. The van der Waals surface area contributed by atoms with Gasteiger partial charge in [-0.05, 0) is 18.4 Å². The molecule has 0 heterocycles. The van der Waals surface area contributed by atoms with Gasteiger partial charge in [-0.2, -0.15) is 0 Å². The lowest BCUT2D eigenvalue weighted by atomic mass is 9.99. The first kappa shape index (κ1) is 13.9. The maximum absolute atomic E-state index is 12.0. The first-order valence-corrected chi connectivity index (χ1v) is 6.27. The molecular weight excluding hydrogens is 256 g/mol. The molecular formula is C16H16O4. The van der Waals surface area contributed by atoms with Gasteiger partial charge in [-0.15, -0.1) is 0 Å². The van der Waals surface area contributed by atoms with E-state index in [9.17, 15) is 15.0 Å². The largest absolute Gasteiger partial charge is 0.507 e. The molecule has 4 nitrogen and oxygen atoms in total. The van der Waals surface area contributed by atoms with Crippen molar-refractivity contribution in [2.45, 2.75) is 6.42 Å². The molecule has 1 aromatic carbocycles. The summed E-state index contributed by atoms with van der Waals surface area (Å²) in [4.78, 5) is 12.0. The third-order valence-corrected chi connectivity index (χ3v) is 3.06. The second kappa shape index (κ2) is 6.10. The van der Waals surface area contributed by atoms with Gasteiger partial charge in [-0.25, -0.2) is 0 Å². The lowest BCUT2D eigenvalue weighted by molar-refractivity contribution is 0.104. The van der Waals surface area contributed by atoms with E-state index in [1.165, 1.54) is 25.3 Å². The van der Waals surface area contributed by atoms with Crippen molar-refractivity contribution in [1.82, 2.24) is 0 Å². The summed E-state index contributed by atoms with van der Waals surface area (Å²) in [5.74, 6) is -0.580. The van der Waals surface area contributed by atoms with Gasteiger partial charge in [0, 0.05) is 12.1 Å². The summed E-state index contributed by atoms with van der Waals surface area (Å²) in [6.45, 7) is 0. The average Bonchev–Trinajstić information content (AvgIpc) is 2.45. The Kier molecular flexibility index (Phi) is 4.25. The number of ketones is 1. The summed E-state index contributed by atoms with van der Waals surface area (Å²) >= 11 is 0. The predicted molar refractivity (Wildman–Crippen MR) is 76.2 cm³/mol. The smallest absolute Gasteiger partial charge is 0.193 e. The number of allylic oxidation sites excluding steroid dienone is 6. The SMILES string of the molecule is COc1cc(O)c(C(=O)/C=C/C2C=CC=CC2)c(O)c1. The fourth-order valence-corrected chi connectivity index (χ4v) is 1.99. The maximum Gasteiger partial charge on any atom is 0.193 e. The van der Waals surface area contributed by atoms with E-state index in [4.69, 9.17) is 4.74 Å². The van der Waals surface area contributed by atoms with Crippen molar-refractivity contribution in [3.63, 3.8) is 0 Å². The van der Waals surface area contributed by atoms with E-state index in [0.717, 1.165) is 6.42 Å². The van der Waals surface area contributed by atoms with E-state index < -0.39 is 5.78 Å². The topological polar surface area (TPSA) is 66.8 Å². The number of phenolic OH excluding ortho intramolecular Hbond substituents is 2. The minimum atomic E-state index is -0.439. The summed E-state index contributed by atoms with van der Waals surface area (Å²) in [6, 6.07) is 2.59. The van der Waals surface area contributed by atoms with Crippen LogP contribution in [-0.4, -0.2) is 23.1 Å². The van der Waals surface area contributed by atoms with Crippen LogP contribution in [0.25, 0.3) is 0 Å². The molecule has 0 aromatic heterocycles. The Morgan fingerprint density at radius 2 is 2.00 bits per heavy atom. The van der Waals surface area contributed by atoms with Crippen LogP contribution < -0.4 is 4.74 Å². The van der Waals surface area contributed by atoms with Crippen molar-refractivity contribution in [3.8, 4) is 17.2 Å². The monoisotopic (exact) mass is 272 g/mol. The normalized spacial score (nSPS) is 17.6. The van der Waals surface area contributed by atoms with Crippen LogP contribution >= 0.6 is 0 Å². The fourth-order valence-electron chi connectivity index (χ4n) is 1.99. The van der Waals surface area contributed by atoms with E-state index in [-0.39, 0.29) is 23.0 Å². The highest BCUT2D eigenvalue weighted by atomic mass is 16.5. The zero-order valence-corrected chi connectivity index (χ0v) is 11.1. The highest BCUT2D eigenvalue weighted by Crippen LogP contribution is 2.33. The number of aromatic hydroxyl groups is 2. The number of carbonyl (C=O) groups is 1. The number of ether oxygens (including phenoxy) is 1. The summed E-state index contributed by atoms with van der Waals surface area (Å²) in [5.41, 5.74) is -0.114. The number of phenols is 2. The van der Waals surface area contributed by atoms with Crippen molar-refractivity contribution >= 4 is 5.78 Å². The Bertz CT molecular complexity index is 573. The lowest BCUT2D eigenvalue weighted by Gasteiger charge is -2.08. The zero-order valence-electron chi connectivity index (χ0n) is 11.1. The minimum Gasteiger partial charge on any atom is -0.507 e. The molecule has 0 spiro atoms. The molecule has 1 aliphatic rings. The highest BCUT2D eigenvalue weighted by Gasteiger charge is 2.16. The van der Waals surface area contributed by atoms with Crippen LogP contribution in [0.5, 0.6) is 17.2 Å². The summed E-state index contributed by atoms with van der Waals surface area (Å²) < 4.78 is 4.90. The molecule has 1 aromatic rings. The van der Waals surface area contributed by atoms with Gasteiger partial charge >= 0.3 is 0 Å². The maximum atomic E-state index is 12.0. The van der Waals surface area contributed by atoms with Crippen molar-refractivity contribution < 1.29 is 19.7 Å². The molecule has 0 saturated carbocycles. The predicted octanol–water partition coefficient (Wildman–Crippen LogP) is 2.98. The first-order chi connectivity index (χ1) is 9.61. The van der Waals surface area contributed by atoms with Gasteiger partial charge in [0.2, 0.25) is 0 Å². The van der Waals surface area contributed by atoms with Crippen molar-refractivity contribution in [1.29, 1.82) is 0 Å². The van der Waals surface area contributed by atoms with E-state index >= 15 is 0 Å². The lowest BCUT2D eigenvalue weighted by Crippen LogP contribution is -1.99. The molecule has 0 amide bonds. The quantitative estimate of drug-likeness (QED) is 0.653. The van der Waals surface area contributed by atoms with E-state index in [1.807, 2.05) is 24.3 Å². The molecule has 0 aliphatic heterocycles. The molecule has 0 fully saturated rings. The fraction of sp³-hybridized carbons (Fsp3) is 0.188. The van der Waals surface area contributed by atoms with Crippen molar-refractivity contribution in [3.05, 3.63) is 54.2 Å². The molecule has 1 unspecified atom stereocenters. The van der Waals surface area contributed by atoms with E-state index in [0.29, 0.717) is 5.75 Å². The Balaban J connectivity index is 2.19. The molecule has 1 aliphatic carbocycles. The van der Waals surface area contributed by atoms with Crippen molar-refractivity contribution in [2.75, 3.05) is 7.11 Å². The Morgan fingerprint density at radius 3 is 2.55 bits per heavy atom. The van der Waals surface area contributed by atoms with Crippen molar-refractivity contribution in [2.24, 2.45) is 5.92 Å². The number of methoxy groups -OCH3 is 1. The number of rotatable bonds is 4. The summed E-state index contributed by atoms with van der Waals surface area (Å²) in [5, 5.41) is 19.6. The van der Waals surface area contributed by atoms with Crippen LogP contribution in [-0.2, 0) is 0 Å². The number of carbonyl (C=O) groups excluding carboxylic acids is 1. The zero-order chi connectivity index (χ0) is 14.5. The molecule has 0 radical (unpaired) electrons. The third kappa shape index (κ3) is 3.09. The Morgan fingerprint density at radius 1 is 1.30 bits per heavy atom. The molecule has 20 heavy (non-hydrogen) atoms. The molecule has 104 valence electrons. The standard InChI is InChI=1S/C16H16O4/c1-20-12-9-14(18)16(15(19)10-12)13(17)8-7-11-5-3-2-4-6-11/h2-5,7-11,18-19H,6H2,1H3/b8-7+. The second-order valence-electron chi connectivity index (χ2n) is 4.48. The van der Waals surface area contributed by atoms with Crippen LogP contribution in [0.1, 0.15) is 16.8 Å². The van der Waals surface area contributed by atoms with Gasteiger partial charge in [0.15, 0.2) is 5.78 Å². The molecule has 4 heteroatoms. The Labute approximate surface area is 117 Å². The number of benzene rings is 1. The van der Waals surface area contributed by atoms with Gasteiger partial charge in [0.05, 0.1) is 7.11 Å². The van der Waals surface area contributed by atoms with Crippen LogP contribution in [0.15, 0.2) is 48.6 Å². The van der Waals surface area contributed by atoms with Crippen LogP contribution in [0, 0.1) is 5.92 Å². The first-order valence-electron chi connectivity index (χ1n) is 6.27. The molecule has 2 N–H and O–H groups in total. The van der Waals surface area contributed by atoms with Crippen LogP contribution in [0.4, 0.5) is 0 Å². The molecule has 0 saturated heterocycles. The van der Waals surface area contributed by atoms with Crippen LogP contribution in [0.3, 0.4) is 0 Å². The van der Waals surface area contributed by atoms with Gasteiger partial charge in [0.25, 0.3) is 0 Å². The molecule has 2 rings (SSSR count). The third-order valence-electron chi connectivity index (χ3n) is 3.06.